The molecule has 118 valence electrons. The fraction of sp³-hybridized carbons (Fsp3) is 0.929. The molecule has 0 aromatic heterocycles. The largest absolute Gasteiger partial charge is 0.338 e. The number of rotatable bonds is 4. The number of carbonyl (C=O) groups is 1. The zero-order valence-electron chi connectivity index (χ0n) is 13.4. The van der Waals surface area contributed by atoms with Crippen molar-refractivity contribution in [1.82, 2.24) is 9.62 Å². The lowest BCUT2D eigenvalue weighted by Gasteiger charge is -2.37. The molecule has 0 radical (unpaired) electrons. The molecule has 1 heterocycles. The Kier molecular flexibility index (Phi) is 5.24. The Morgan fingerprint density at radius 2 is 1.85 bits per heavy atom. The van der Waals surface area contributed by atoms with Crippen LogP contribution in [0.3, 0.4) is 0 Å². The number of sulfonamides is 1. The lowest BCUT2D eigenvalue weighted by atomic mass is 9.85. The summed E-state index contributed by atoms with van der Waals surface area (Å²) in [5.74, 6) is -0.165. The molecule has 1 N–H and O–H groups in total. The third-order valence-corrected chi connectivity index (χ3v) is 4.49. The summed E-state index contributed by atoms with van der Waals surface area (Å²) >= 11 is 0. The summed E-state index contributed by atoms with van der Waals surface area (Å²) in [5.41, 5.74) is 0.0127. The van der Waals surface area contributed by atoms with Crippen molar-refractivity contribution < 1.29 is 13.2 Å². The van der Waals surface area contributed by atoms with Gasteiger partial charge >= 0.3 is 0 Å². The van der Waals surface area contributed by atoms with Gasteiger partial charge in [0, 0.05) is 12.6 Å². The minimum absolute atomic E-state index is 0.0127. The van der Waals surface area contributed by atoms with Crippen LogP contribution in [0.5, 0.6) is 0 Å². The van der Waals surface area contributed by atoms with Crippen molar-refractivity contribution in [3.8, 4) is 0 Å². The van der Waals surface area contributed by atoms with Gasteiger partial charge in [-0.05, 0) is 24.2 Å². The molecular formula is C14H28N2O3S. The van der Waals surface area contributed by atoms with Crippen molar-refractivity contribution in [2.75, 3.05) is 12.8 Å². The maximum atomic E-state index is 12.7. The van der Waals surface area contributed by atoms with E-state index in [2.05, 4.69) is 25.5 Å². The van der Waals surface area contributed by atoms with Crippen LogP contribution in [0.25, 0.3) is 0 Å². The van der Waals surface area contributed by atoms with Crippen LogP contribution >= 0.6 is 0 Å². The molecule has 1 rings (SSSR count). The molecule has 6 heteroatoms. The average molecular weight is 304 g/mol. The monoisotopic (exact) mass is 304 g/mol. The van der Waals surface area contributed by atoms with Crippen LogP contribution in [-0.2, 0) is 14.8 Å². The maximum absolute atomic E-state index is 12.7. The minimum atomic E-state index is -3.39. The van der Waals surface area contributed by atoms with Gasteiger partial charge in [-0.25, -0.2) is 13.1 Å². The minimum Gasteiger partial charge on any atom is -0.338 e. The number of likely N-dealkylation sites (tertiary alicyclic amines) is 1. The van der Waals surface area contributed by atoms with E-state index in [-0.39, 0.29) is 23.3 Å². The summed E-state index contributed by atoms with van der Waals surface area (Å²) < 4.78 is 25.4. The van der Waals surface area contributed by atoms with Gasteiger partial charge in [0.1, 0.15) is 6.04 Å². The first-order chi connectivity index (χ1) is 8.93. The topological polar surface area (TPSA) is 66.5 Å². The lowest BCUT2D eigenvalue weighted by Crippen LogP contribution is -2.54. The Bertz CT molecular complexity index is 452. The van der Waals surface area contributed by atoms with Gasteiger partial charge < -0.3 is 4.90 Å². The second-order valence-corrected chi connectivity index (χ2v) is 8.95. The molecule has 1 amide bonds. The van der Waals surface area contributed by atoms with Gasteiger partial charge in [0.2, 0.25) is 15.9 Å². The normalized spacial score (nSPS) is 22.4. The smallest absolute Gasteiger partial charge is 0.241 e. The highest BCUT2D eigenvalue weighted by Crippen LogP contribution is 2.33. The van der Waals surface area contributed by atoms with E-state index in [9.17, 15) is 13.2 Å². The zero-order valence-corrected chi connectivity index (χ0v) is 14.3. The number of carbonyl (C=O) groups excluding carboxylic acids is 1. The number of hydrogen-bond donors (Lipinski definition) is 1. The van der Waals surface area contributed by atoms with E-state index in [1.807, 2.05) is 18.7 Å². The standard InChI is InChI=1S/C14H28N2O3S/c1-10(2)12(15-20(6,18)19)13(17)16-9-7-8-11(16)14(3,4)5/h10-12,15H,7-9H2,1-6H3. The van der Waals surface area contributed by atoms with Crippen molar-refractivity contribution >= 4 is 15.9 Å². The first-order valence-corrected chi connectivity index (χ1v) is 9.10. The van der Waals surface area contributed by atoms with Crippen LogP contribution in [0.2, 0.25) is 0 Å². The molecule has 2 atom stereocenters. The van der Waals surface area contributed by atoms with Gasteiger partial charge in [-0.1, -0.05) is 34.6 Å². The zero-order chi connectivity index (χ0) is 15.7. The van der Waals surface area contributed by atoms with E-state index in [4.69, 9.17) is 0 Å². The number of amides is 1. The average Bonchev–Trinajstić information content (AvgIpc) is 2.71. The van der Waals surface area contributed by atoms with Crippen molar-refractivity contribution in [2.24, 2.45) is 11.3 Å². The number of hydrogen-bond acceptors (Lipinski definition) is 3. The third kappa shape index (κ3) is 4.45. The summed E-state index contributed by atoms with van der Waals surface area (Å²) in [6.07, 6.45) is 3.07. The molecule has 1 aliphatic heterocycles. The highest BCUT2D eigenvalue weighted by Gasteiger charge is 2.40. The van der Waals surface area contributed by atoms with Crippen LogP contribution < -0.4 is 4.72 Å². The van der Waals surface area contributed by atoms with Crippen LogP contribution in [0.1, 0.15) is 47.5 Å². The number of nitrogens with one attached hydrogen (secondary N) is 1. The molecule has 1 fully saturated rings. The predicted molar refractivity (Wildman–Crippen MR) is 80.8 cm³/mol. The van der Waals surface area contributed by atoms with Crippen molar-refractivity contribution in [3.63, 3.8) is 0 Å². The molecule has 0 saturated carbocycles. The summed E-state index contributed by atoms with van der Waals surface area (Å²) in [7, 11) is -3.39. The molecule has 0 aromatic carbocycles. The molecule has 1 aliphatic rings. The molecule has 0 spiro atoms. The van der Waals surface area contributed by atoms with Crippen molar-refractivity contribution in [3.05, 3.63) is 0 Å². The highest BCUT2D eigenvalue weighted by molar-refractivity contribution is 7.88. The van der Waals surface area contributed by atoms with Crippen molar-refractivity contribution in [2.45, 2.75) is 59.5 Å². The second-order valence-electron chi connectivity index (χ2n) is 7.17. The van der Waals surface area contributed by atoms with Crippen molar-refractivity contribution in [1.29, 1.82) is 0 Å². The molecular weight excluding hydrogens is 276 g/mol. The van der Waals surface area contributed by atoms with Gasteiger partial charge in [0.15, 0.2) is 0 Å². The Hall–Kier alpha value is -0.620. The SMILES string of the molecule is CC(C)C(NS(C)(=O)=O)C(=O)N1CCCC1C(C)(C)C. The second kappa shape index (κ2) is 6.02. The maximum Gasteiger partial charge on any atom is 0.241 e. The van der Waals surface area contributed by atoms with E-state index in [0.29, 0.717) is 0 Å². The van der Waals surface area contributed by atoms with Gasteiger partial charge in [-0.15, -0.1) is 0 Å². The first kappa shape index (κ1) is 17.4. The van der Waals surface area contributed by atoms with Crippen LogP contribution in [-0.4, -0.2) is 44.1 Å². The Morgan fingerprint density at radius 3 is 2.25 bits per heavy atom. The molecule has 0 aliphatic carbocycles. The highest BCUT2D eigenvalue weighted by atomic mass is 32.2. The van der Waals surface area contributed by atoms with E-state index < -0.39 is 16.1 Å². The molecule has 5 nitrogen and oxygen atoms in total. The summed E-state index contributed by atoms with van der Waals surface area (Å²) in [5, 5.41) is 0. The fourth-order valence-corrected chi connectivity index (χ4v) is 3.65. The molecule has 20 heavy (non-hydrogen) atoms. The van der Waals surface area contributed by atoms with E-state index in [1.54, 1.807) is 0 Å². The van der Waals surface area contributed by atoms with E-state index >= 15 is 0 Å². The third-order valence-electron chi connectivity index (χ3n) is 3.81. The quantitative estimate of drug-likeness (QED) is 0.858. The predicted octanol–water partition coefficient (Wildman–Crippen LogP) is 1.60. The Balaban J connectivity index is 2.95. The van der Waals surface area contributed by atoms with Gasteiger partial charge in [0.05, 0.1) is 6.26 Å². The first-order valence-electron chi connectivity index (χ1n) is 7.21. The van der Waals surface area contributed by atoms with E-state index in [1.165, 1.54) is 0 Å². The van der Waals surface area contributed by atoms with Crippen LogP contribution in [0.4, 0.5) is 0 Å². The lowest BCUT2D eigenvalue weighted by molar-refractivity contribution is -0.136. The van der Waals surface area contributed by atoms with Gasteiger partial charge in [0.25, 0.3) is 0 Å². The summed E-state index contributed by atoms with van der Waals surface area (Å²) in [6, 6.07) is -0.495. The Labute approximate surface area is 123 Å². The summed E-state index contributed by atoms with van der Waals surface area (Å²) in [6.45, 7) is 10.8. The summed E-state index contributed by atoms with van der Waals surface area (Å²) in [4.78, 5) is 14.6. The molecule has 1 saturated heterocycles. The van der Waals surface area contributed by atoms with Gasteiger partial charge in [-0.3, -0.25) is 4.79 Å². The molecule has 0 aromatic rings. The van der Waals surface area contributed by atoms with Gasteiger partial charge in [-0.2, -0.15) is 0 Å². The molecule has 2 unspecified atom stereocenters. The van der Waals surface area contributed by atoms with Crippen LogP contribution in [0.15, 0.2) is 0 Å². The van der Waals surface area contributed by atoms with Crippen LogP contribution in [0, 0.1) is 11.3 Å². The molecule has 0 bridgehead atoms. The Morgan fingerprint density at radius 1 is 1.30 bits per heavy atom. The number of nitrogens with zero attached hydrogens (tertiary/aromatic N) is 1. The fourth-order valence-electron chi connectivity index (χ4n) is 2.81. The van der Waals surface area contributed by atoms with E-state index in [0.717, 1.165) is 25.6 Å².